The molecule has 1 amide bonds. The first-order chi connectivity index (χ1) is 10.0. The summed E-state index contributed by atoms with van der Waals surface area (Å²) in [5, 5.41) is 13.3. The summed E-state index contributed by atoms with van der Waals surface area (Å²) in [5.41, 5.74) is 1.32. The zero-order valence-electron chi connectivity index (χ0n) is 12.3. The van der Waals surface area contributed by atoms with Gasteiger partial charge in [0.15, 0.2) is 0 Å². The fourth-order valence-corrected chi connectivity index (χ4v) is 2.53. The van der Waals surface area contributed by atoms with Crippen molar-refractivity contribution >= 4 is 23.2 Å². The van der Waals surface area contributed by atoms with Gasteiger partial charge in [0.25, 0.3) is 5.91 Å². The van der Waals surface area contributed by atoms with E-state index in [0.717, 1.165) is 12.2 Å². The molecule has 1 aromatic carbocycles. The molecule has 1 heterocycles. The van der Waals surface area contributed by atoms with Crippen molar-refractivity contribution in [1.29, 1.82) is 0 Å². The van der Waals surface area contributed by atoms with E-state index < -0.39 is 6.10 Å². The maximum atomic E-state index is 12.7. The van der Waals surface area contributed by atoms with Crippen LogP contribution in [-0.2, 0) is 4.74 Å². The average Bonchev–Trinajstić information content (AvgIpc) is 2.48. The van der Waals surface area contributed by atoms with Crippen molar-refractivity contribution in [3.63, 3.8) is 0 Å². The molecule has 0 aliphatic carbocycles. The zero-order chi connectivity index (χ0) is 15.4. The van der Waals surface area contributed by atoms with Crippen LogP contribution in [0.25, 0.3) is 0 Å². The highest BCUT2D eigenvalue weighted by Crippen LogP contribution is 2.23. The molecule has 2 rings (SSSR count). The summed E-state index contributed by atoms with van der Waals surface area (Å²) in [7, 11) is 0. The molecular formula is C15H21ClN2O3. The van der Waals surface area contributed by atoms with Gasteiger partial charge in [0.2, 0.25) is 0 Å². The molecule has 0 bridgehead atoms. The molecule has 1 aliphatic rings. The third-order valence-corrected chi connectivity index (χ3v) is 3.73. The van der Waals surface area contributed by atoms with Crippen molar-refractivity contribution < 1.29 is 14.6 Å². The molecule has 2 unspecified atom stereocenters. The predicted molar refractivity (Wildman–Crippen MR) is 82.9 cm³/mol. The lowest BCUT2D eigenvalue weighted by Crippen LogP contribution is -2.49. The molecule has 21 heavy (non-hydrogen) atoms. The van der Waals surface area contributed by atoms with Crippen molar-refractivity contribution in [3.8, 4) is 0 Å². The number of hydrogen-bond donors (Lipinski definition) is 2. The van der Waals surface area contributed by atoms with E-state index in [4.69, 9.17) is 16.3 Å². The Morgan fingerprint density at radius 1 is 1.62 bits per heavy atom. The lowest BCUT2D eigenvalue weighted by Gasteiger charge is -2.34. The number of halogens is 1. The molecule has 1 aliphatic heterocycles. The van der Waals surface area contributed by atoms with Crippen LogP contribution in [0.1, 0.15) is 24.2 Å². The van der Waals surface area contributed by atoms with Crippen LogP contribution in [-0.4, -0.2) is 54.4 Å². The van der Waals surface area contributed by atoms with Gasteiger partial charge in [-0.15, -0.1) is 0 Å². The number of ether oxygens (including phenoxy) is 1. The highest BCUT2D eigenvalue weighted by Gasteiger charge is 2.28. The molecule has 0 saturated carbocycles. The van der Waals surface area contributed by atoms with Gasteiger partial charge in [0.1, 0.15) is 6.10 Å². The van der Waals surface area contributed by atoms with E-state index in [-0.39, 0.29) is 12.0 Å². The van der Waals surface area contributed by atoms with Crippen LogP contribution in [0.4, 0.5) is 5.69 Å². The van der Waals surface area contributed by atoms with E-state index in [0.29, 0.717) is 30.3 Å². The molecule has 5 nitrogen and oxygen atoms in total. The van der Waals surface area contributed by atoms with Crippen LogP contribution < -0.4 is 5.32 Å². The van der Waals surface area contributed by atoms with E-state index in [1.165, 1.54) is 0 Å². The minimum atomic E-state index is -0.604. The minimum absolute atomic E-state index is 0.0950. The fraction of sp³-hybridized carbons (Fsp3) is 0.533. The lowest BCUT2D eigenvalue weighted by molar-refractivity contribution is -0.0745. The number of anilines is 1. The van der Waals surface area contributed by atoms with E-state index in [1.54, 1.807) is 24.0 Å². The number of hydrogen-bond acceptors (Lipinski definition) is 4. The monoisotopic (exact) mass is 312 g/mol. The van der Waals surface area contributed by atoms with Gasteiger partial charge in [0, 0.05) is 30.3 Å². The Morgan fingerprint density at radius 2 is 2.38 bits per heavy atom. The number of aliphatic hydroxyl groups is 1. The molecule has 0 spiro atoms. The summed E-state index contributed by atoms with van der Waals surface area (Å²) in [4.78, 5) is 14.4. The topological polar surface area (TPSA) is 61.8 Å². The maximum Gasteiger partial charge on any atom is 0.256 e. The molecule has 116 valence electrons. The van der Waals surface area contributed by atoms with Gasteiger partial charge in [-0.2, -0.15) is 0 Å². The largest absolute Gasteiger partial charge is 0.391 e. The zero-order valence-corrected chi connectivity index (χ0v) is 13.1. The normalized spacial score (nSPS) is 20.2. The number of benzene rings is 1. The molecule has 1 saturated heterocycles. The quantitative estimate of drug-likeness (QED) is 0.892. The van der Waals surface area contributed by atoms with Gasteiger partial charge in [-0.3, -0.25) is 4.79 Å². The molecule has 1 fully saturated rings. The lowest BCUT2D eigenvalue weighted by atomic mass is 10.1. The molecule has 2 N–H and O–H groups in total. The number of morpholine rings is 1. The van der Waals surface area contributed by atoms with Gasteiger partial charge in [0.05, 0.1) is 18.3 Å². The molecule has 1 aromatic rings. The number of nitrogens with zero attached hydrogens (tertiary/aromatic N) is 1. The Hall–Kier alpha value is -1.30. The number of nitrogens with one attached hydrogen (secondary N) is 1. The Balaban J connectivity index is 2.20. The Morgan fingerprint density at radius 3 is 3.05 bits per heavy atom. The van der Waals surface area contributed by atoms with Crippen LogP contribution in [0.5, 0.6) is 0 Å². The summed E-state index contributed by atoms with van der Waals surface area (Å²) in [5.74, 6) is -0.0950. The third-order valence-electron chi connectivity index (χ3n) is 3.50. The first-order valence-electron chi connectivity index (χ1n) is 7.15. The summed E-state index contributed by atoms with van der Waals surface area (Å²) in [6.07, 6.45) is -0.947. The predicted octanol–water partition coefficient (Wildman–Crippen LogP) is 1.99. The number of amides is 1. The van der Waals surface area contributed by atoms with Gasteiger partial charge in [-0.05, 0) is 32.0 Å². The number of rotatable bonds is 4. The first-order valence-corrected chi connectivity index (χ1v) is 7.53. The Labute approximate surface area is 129 Å². The second-order valence-electron chi connectivity index (χ2n) is 5.12. The van der Waals surface area contributed by atoms with E-state index >= 15 is 0 Å². The van der Waals surface area contributed by atoms with E-state index in [1.807, 2.05) is 13.0 Å². The van der Waals surface area contributed by atoms with Crippen LogP contribution in [0, 0.1) is 0 Å². The van der Waals surface area contributed by atoms with Gasteiger partial charge in [-0.25, -0.2) is 0 Å². The Bertz CT molecular complexity index is 508. The average molecular weight is 313 g/mol. The number of carbonyl (C=O) groups excluding carboxylic acids is 1. The second-order valence-corrected chi connectivity index (χ2v) is 5.56. The van der Waals surface area contributed by atoms with Crippen LogP contribution >= 0.6 is 11.6 Å². The van der Waals surface area contributed by atoms with E-state index in [2.05, 4.69) is 5.32 Å². The van der Waals surface area contributed by atoms with Crippen LogP contribution in [0.2, 0.25) is 5.02 Å². The summed E-state index contributed by atoms with van der Waals surface area (Å²) in [6, 6.07) is 5.24. The molecule has 2 atom stereocenters. The number of aliphatic hydroxyl groups excluding tert-OH is 1. The molecular weight excluding hydrogens is 292 g/mol. The van der Waals surface area contributed by atoms with E-state index in [9.17, 15) is 9.90 Å². The van der Waals surface area contributed by atoms with Gasteiger partial charge < -0.3 is 20.1 Å². The smallest absolute Gasteiger partial charge is 0.256 e. The number of carbonyl (C=O) groups is 1. The second kappa shape index (κ2) is 7.11. The molecule has 6 heteroatoms. The SMILES string of the molecule is CCNc1ccc(Cl)cc1C(=O)N1CCOC(C(C)O)C1. The van der Waals surface area contributed by atoms with Crippen molar-refractivity contribution in [2.45, 2.75) is 26.1 Å². The van der Waals surface area contributed by atoms with Gasteiger partial charge in [-0.1, -0.05) is 11.6 Å². The van der Waals surface area contributed by atoms with Crippen molar-refractivity contribution in [3.05, 3.63) is 28.8 Å². The van der Waals surface area contributed by atoms with Crippen molar-refractivity contribution in [1.82, 2.24) is 4.90 Å². The third kappa shape index (κ3) is 3.87. The van der Waals surface area contributed by atoms with Crippen molar-refractivity contribution in [2.75, 3.05) is 31.6 Å². The van der Waals surface area contributed by atoms with Crippen LogP contribution in [0.15, 0.2) is 18.2 Å². The first kappa shape index (κ1) is 16.1. The van der Waals surface area contributed by atoms with Gasteiger partial charge >= 0.3 is 0 Å². The highest BCUT2D eigenvalue weighted by atomic mass is 35.5. The summed E-state index contributed by atoms with van der Waals surface area (Å²) >= 11 is 6.02. The standard InChI is InChI=1S/C15H21ClN2O3/c1-3-17-13-5-4-11(16)8-12(13)15(20)18-6-7-21-14(9-18)10(2)19/h4-5,8,10,14,17,19H,3,6-7,9H2,1-2H3. The van der Waals surface area contributed by atoms with Crippen LogP contribution in [0.3, 0.4) is 0 Å². The highest BCUT2D eigenvalue weighted by molar-refractivity contribution is 6.31. The molecule has 0 aromatic heterocycles. The Kier molecular flexibility index (Phi) is 5.45. The maximum absolute atomic E-state index is 12.7. The minimum Gasteiger partial charge on any atom is -0.391 e. The van der Waals surface area contributed by atoms with Crippen molar-refractivity contribution in [2.24, 2.45) is 0 Å². The summed E-state index contributed by atoms with van der Waals surface area (Å²) < 4.78 is 5.47. The summed E-state index contributed by atoms with van der Waals surface area (Å²) in [6.45, 7) is 5.69. The molecule has 0 radical (unpaired) electrons. The fourth-order valence-electron chi connectivity index (χ4n) is 2.36.